The summed E-state index contributed by atoms with van der Waals surface area (Å²) in [4.78, 5) is 0. The number of nitrogens with two attached hydrogens (primary N) is 1. The van der Waals surface area contributed by atoms with Crippen LogP contribution in [0.4, 0.5) is 4.39 Å². The molecule has 4 heteroatoms. The summed E-state index contributed by atoms with van der Waals surface area (Å²) in [5.41, 5.74) is 3.20. The Bertz CT molecular complexity index is 360. The van der Waals surface area contributed by atoms with Gasteiger partial charge in [-0.05, 0) is 17.7 Å². The second-order valence-electron chi connectivity index (χ2n) is 2.80. The van der Waals surface area contributed by atoms with Crippen molar-refractivity contribution in [3.8, 4) is 12.3 Å². The summed E-state index contributed by atoms with van der Waals surface area (Å²) in [6.07, 6.45) is 5.55. The maximum Gasteiger partial charge on any atom is 0.142 e. The van der Waals surface area contributed by atoms with E-state index in [1.807, 2.05) is 0 Å². The zero-order valence-corrected chi connectivity index (χ0v) is 8.18. The smallest absolute Gasteiger partial charge is 0.142 e. The number of hydrogen-bond acceptors (Lipinski definition) is 2. The SMILES string of the molecule is C#CCC(NN)c1ccc(Cl)c(F)c1. The molecule has 0 saturated carbocycles. The van der Waals surface area contributed by atoms with Crippen LogP contribution in [0.3, 0.4) is 0 Å². The minimum Gasteiger partial charge on any atom is -0.271 e. The molecule has 0 aliphatic heterocycles. The Labute approximate surface area is 87.2 Å². The van der Waals surface area contributed by atoms with E-state index in [0.717, 1.165) is 0 Å². The van der Waals surface area contributed by atoms with Crippen LogP contribution < -0.4 is 11.3 Å². The highest BCUT2D eigenvalue weighted by atomic mass is 35.5. The van der Waals surface area contributed by atoms with E-state index >= 15 is 0 Å². The van der Waals surface area contributed by atoms with Gasteiger partial charge >= 0.3 is 0 Å². The molecular formula is C10H10ClFN2. The second kappa shape index (κ2) is 4.97. The number of halogens is 2. The van der Waals surface area contributed by atoms with Gasteiger partial charge in [-0.25, -0.2) is 4.39 Å². The van der Waals surface area contributed by atoms with Crippen molar-refractivity contribution < 1.29 is 4.39 Å². The van der Waals surface area contributed by atoms with E-state index in [2.05, 4.69) is 11.3 Å². The summed E-state index contributed by atoms with van der Waals surface area (Å²) in [6.45, 7) is 0. The fourth-order valence-electron chi connectivity index (χ4n) is 1.12. The first-order valence-electron chi connectivity index (χ1n) is 4.03. The Morgan fingerprint density at radius 3 is 2.86 bits per heavy atom. The van der Waals surface area contributed by atoms with Crippen molar-refractivity contribution in [2.75, 3.05) is 0 Å². The van der Waals surface area contributed by atoms with Crippen LogP contribution in [0.15, 0.2) is 18.2 Å². The van der Waals surface area contributed by atoms with E-state index in [1.165, 1.54) is 12.1 Å². The minimum absolute atomic E-state index is 0.0882. The van der Waals surface area contributed by atoms with Crippen LogP contribution in [0, 0.1) is 18.2 Å². The number of nitrogens with one attached hydrogen (secondary N) is 1. The zero-order valence-electron chi connectivity index (χ0n) is 7.43. The third-order valence-electron chi connectivity index (χ3n) is 1.87. The lowest BCUT2D eigenvalue weighted by Gasteiger charge is -2.13. The van der Waals surface area contributed by atoms with Crippen molar-refractivity contribution in [2.24, 2.45) is 5.84 Å². The van der Waals surface area contributed by atoms with Crippen LogP contribution in [-0.2, 0) is 0 Å². The molecule has 1 aromatic carbocycles. The zero-order chi connectivity index (χ0) is 10.6. The molecule has 0 saturated heterocycles. The molecule has 1 aromatic rings. The fourth-order valence-corrected chi connectivity index (χ4v) is 1.24. The maximum absolute atomic E-state index is 13.1. The van der Waals surface area contributed by atoms with E-state index in [9.17, 15) is 4.39 Å². The van der Waals surface area contributed by atoms with E-state index < -0.39 is 5.82 Å². The van der Waals surface area contributed by atoms with Crippen molar-refractivity contribution in [1.82, 2.24) is 5.43 Å². The molecule has 0 aromatic heterocycles. The van der Waals surface area contributed by atoms with Crippen LogP contribution >= 0.6 is 11.6 Å². The molecule has 1 atom stereocenters. The maximum atomic E-state index is 13.1. The monoisotopic (exact) mass is 212 g/mol. The Balaban J connectivity index is 2.95. The molecular weight excluding hydrogens is 203 g/mol. The Hall–Kier alpha value is -1.08. The average molecular weight is 213 g/mol. The molecule has 2 nitrogen and oxygen atoms in total. The highest BCUT2D eigenvalue weighted by Gasteiger charge is 2.10. The van der Waals surface area contributed by atoms with E-state index in [0.29, 0.717) is 12.0 Å². The summed E-state index contributed by atoms with van der Waals surface area (Å²) >= 11 is 5.54. The van der Waals surface area contributed by atoms with Gasteiger partial charge in [0.1, 0.15) is 5.82 Å². The third-order valence-corrected chi connectivity index (χ3v) is 2.18. The predicted octanol–water partition coefficient (Wildman–Crippen LogP) is 2.01. The van der Waals surface area contributed by atoms with Gasteiger partial charge in [0.15, 0.2) is 0 Å². The molecule has 0 radical (unpaired) electrons. The molecule has 3 N–H and O–H groups in total. The van der Waals surface area contributed by atoms with Crippen molar-refractivity contribution in [3.05, 3.63) is 34.6 Å². The second-order valence-corrected chi connectivity index (χ2v) is 3.21. The van der Waals surface area contributed by atoms with Crippen LogP contribution in [0.2, 0.25) is 5.02 Å². The lowest BCUT2D eigenvalue weighted by Crippen LogP contribution is -2.27. The summed E-state index contributed by atoms with van der Waals surface area (Å²) in [5, 5.41) is 0.0882. The molecule has 0 spiro atoms. The van der Waals surface area contributed by atoms with Gasteiger partial charge in [-0.3, -0.25) is 11.3 Å². The highest BCUT2D eigenvalue weighted by Crippen LogP contribution is 2.21. The number of terminal acetylenes is 1. The van der Waals surface area contributed by atoms with E-state index in [-0.39, 0.29) is 11.1 Å². The summed E-state index contributed by atoms with van der Waals surface area (Å²) in [7, 11) is 0. The Morgan fingerprint density at radius 2 is 2.36 bits per heavy atom. The predicted molar refractivity (Wildman–Crippen MR) is 54.9 cm³/mol. The molecule has 0 heterocycles. The summed E-state index contributed by atoms with van der Waals surface area (Å²) in [6, 6.07) is 4.25. The Kier molecular flexibility index (Phi) is 3.90. The van der Waals surface area contributed by atoms with Gasteiger partial charge in [-0.1, -0.05) is 17.7 Å². The highest BCUT2D eigenvalue weighted by molar-refractivity contribution is 6.30. The van der Waals surface area contributed by atoms with Gasteiger partial charge in [0.2, 0.25) is 0 Å². The quantitative estimate of drug-likeness (QED) is 0.457. The molecule has 1 rings (SSSR count). The molecule has 0 aliphatic carbocycles. The molecule has 0 aliphatic rings. The first-order chi connectivity index (χ1) is 6.69. The van der Waals surface area contributed by atoms with Crippen molar-refractivity contribution in [1.29, 1.82) is 0 Å². The standard InChI is InChI=1S/C10H10ClFN2/c1-2-3-10(14-13)7-4-5-8(11)9(12)6-7/h1,4-6,10,14H,3,13H2. The molecule has 0 bridgehead atoms. The number of hydrogen-bond donors (Lipinski definition) is 2. The first-order valence-corrected chi connectivity index (χ1v) is 4.41. The normalized spacial score (nSPS) is 12.1. The fraction of sp³-hybridized carbons (Fsp3) is 0.200. The van der Waals surface area contributed by atoms with Crippen molar-refractivity contribution in [3.63, 3.8) is 0 Å². The van der Waals surface area contributed by atoms with Gasteiger partial charge in [-0.15, -0.1) is 12.3 Å². The Morgan fingerprint density at radius 1 is 1.64 bits per heavy atom. The molecule has 0 fully saturated rings. The van der Waals surface area contributed by atoms with E-state index in [4.69, 9.17) is 23.9 Å². The topological polar surface area (TPSA) is 38.0 Å². The lowest BCUT2D eigenvalue weighted by atomic mass is 10.0. The van der Waals surface area contributed by atoms with Gasteiger partial charge in [0.05, 0.1) is 11.1 Å². The third kappa shape index (κ3) is 2.46. The van der Waals surface area contributed by atoms with Crippen molar-refractivity contribution in [2.45, 2.75) is 12.5 Å². The van der Waals surface area contributed by atoms with Crippen LogP contribution in [-0.4, -0.2) is 0 Å². The number of hydrazine groups is 1. The van der Waals surface area contributed by atoms with Gasteiger partial charge < -0.3 is 0 Å². The summed E-state index contributed by atoms with van der Waals surface area (Å²) in [5.74, 6) is 7.26. The molecule has 0 amide bonds. The van der Waals surface area contributed by atoms with Gasteiger partial charge in [-0.2, -0.15) is 0 Å². The van der Waals surface area contributed by atoms with Gasteiger partial charge in [0, 0.05) is 6.42 Å². The van der Waals surface area contributed by atoms with Gasteiger partial charge in [0.25, 0.3) is 0 Å². The van der Waals surface area contributed by atoms with Crippen LogP contribution in [0.5, 0.6) is 0 Å². The molecule has 14 heavy (non-hydrogen) atoms. The van der Waals surface area contributed by atoms with Crippen LogP contribution in [0.1, 0.15) is 18.0 Å². The minimum atomic E-state index is -0.471. The van der Waals surface area contributed by atoms with Crippen LogP contribution in [0.25, 0.3) is 0 Å². The number of rotatable bonds is 3. The lowest BCUT2D eigenvalue weighted by molar-refractivity contribution is 0.559. The largest absolute Gasteiger partial charge is 0.271 e. The van der Waals surface area contributed by atoms with E-state index in [1.54, 1.807) is 6.07 Å². The van der Waals surface area contributed by atoms with Crippen molar-refractivity contribution >= 4 is 11.6 Å². The molecule has 1 unspecified atom stereocenters. The summed E-state index contributed by atoms with van der Waals surface area (Å²) < 4.78 is 13.1. The first kappa shape index (κ1) is 11.0. The average Bonchev–Trinajstić information content (AvgIpc) is 2.19. The number of benzene rings is 1. The molecule has 74 valence electrons.